The minimum atomic E-state index is -1.03. The molecular formula is C29H31N3O4. The molecule has 0 unspecified atom stereocenters. The molecule has 0 aliphatic heterocycles. The van der Waals surface area contributed by atoms with Crippen LogP contribution in [0.3, 0.4) is 0 Å². The summed E-state index contributed by atoms with van der Waals surface area (Å²) in [5.41, 5.74) is 1.53. The lowest BCUT2D eigenvalue weighted by Gasteiger charge is -2.56. The van der Waals surface area contributed by atoms with Crippen molar-refractivity contribution in [3.63, 3.8) is 0 Å². The zero-order chi connectivity index (χ0) is 24.4. The Kier molecular flexibility index (Phi) is 5.00. The molecule has 0 atom stereocenters. The number of imidazole rings is 1. The number of fused-ring (bicyclic) bond motifs is 2. The number of nitrogens with one attached hydrogen (secondary N) is 2. The molecule has 2 aromatic rings. The molecule has 3 N–H and O–H groups in total. The Bertz CT molecular complexity index is 1230. The fraction of sp³-hybridized carbons (Fsp3) is 0.483. The topological polar surface area (TPSA) is 104 Å². The minimum absolute atomic E-state index is 0.0704. The van der Waals surface area contributed by atoms with Crippen LogP contribution in [0.1, 0.15) is 76.8 Å². The molecule has 1 amide bonds. The van der Waals surface area contributed by atoms with Crippen LogP contribution >= 0.6 is 0 Å². The number of hydrogen-bond donors (Lipinski definition) is 3. The van der Waals surface area contributed by atoms with E-state index in [2.05, 4.69) is 34.6 Å². The van der Waals surface area contributed by atoms with Gasteiger partial charge in [-0.05, 0) is 74.5 Å². The maximum absolute atomic E-state index is 13.4. The number of carbonyl (C=O) groups is 2. The van der Waals surface area contributed by atoms with Gasteiger partial charge in [-0.2, -0.15) is 0 Å². The van der Waals surface area contributed by atoms with Crippen LogP contribution in [0.15, 0.2) is 48.6 Å². The van der Waals surface area contributed by atoms with E-state index < -0.39 is 5.97 Å². The number of ether oxygens (including phenoxy) is 1. The fourth-order valence-corrected chi connectivity index (χ4v) is 7.97. The number of carboxylic acid groups (broad SMARTS) is 1. The summed E-state index contributed by atoms with van der Waals surface area (Å²) in [6, 6.07) is 6.28. The van der Waals surface area contributed by atoms with Gasteiger partial charge in [0.25, 0.3) is 5.91 Å². The van der Waals surface area contributed by atoms with E-state index in [4.69, 9.17) is 9.72 Å². The van der Waals surface area contributed by atoms with E-state index in [9.17, 15) is 14.7 Å². The van der Waals surface area contributed by atoms with E-state index in [-0.39, 0.29) is 23.0 Å². The second-order valence-corrected chi connectivity index (χ2v) is 11.6. The molecule has 1 aromatic heterocycles. The van der Waals surface area contributed by atoms with E-state index in [1.54, 1.807) is 12.1 Å². The Morgan fingerprint density at radius 1 is 1.03 bits per heavy atom. The van der Waals surface area contributed by atoms with Crippen molar-refractivity contribution in [2.45, 2.75) is 56.7 Å². The van der Waals surface area contributed by atoms with Crippen LogP contribution in [0.4, 0.5) is 5.69 Å². The first kappa shape index (κ1) is 22.0. The average molecular weight is 486 g/mol. The molecule has 6 aliphatic carbocycles. The van der Waals surface area contributed by atoms with Gasteiger partial charge in [0.15, 0.2) is 5.69 Å². The standard InChI is InChI=1S/C29H31N3O4/c33-27(30-22-3-1-2-21(11-22)28(34)35)25-23(31-26(32-25)24-19-4-5-20(24)7-6-19)15-36-29-12-16-8-17(13-29)10-18(9-16)14-29/h1-7,11,16-20,24H,8-10,12-15H2,(H,30,33)(H,31,32)(H,34,35). The van der Waals surface area contributed by atoms with E-state index in [0.717, 1.165) is 42.8 Å². The van der Waals surface area contributed by atoms with Crippen LogP contribution in [0.25, 0.3) is 0 Å². The molecule has 1 aromatic carbocycles. The second-order valence-electron chi connectivity index (χ2n) is 11.6. The molecule has 4 fully saturated rings. The number of aromatic nitrogens is 2. The zero-order valence-electron chi connectivity index (χ0n) is 20.2. The third-order valence-corrected chi connectivity index (χ3v) is 9.14. The number of hydrogen-bond acceptors (Lipinski definition) is 4. The number of rotatable bonds is 7. The van der Waals surface area contributed by atoms with Gasteiger partial charge in [0.05, 0.1) is 23.5 Å². The molecule has 8 rings (SSSR count). The van der Waals surface area contributed by atoms with Crippen LogP contribution in [-0.4, -0.2) is 32.6 Å². The van der Waals surface area contributed by atoms with Crippen molar-refractivity contribution >= 4 is 17.6 Å². The van der Waals surface area contributed by atoms with Gasteiger partial charge in [0.1, 0.15) is 5.82 Å². The van der Waals surface area contributed by atoms with E-state index in [1.807, 2.05) is 0 Å². The maximum atomic E-state index is 13.4. The number of carbonyl (C=O) groups excluding carboxylic acids is 1. The predicted molar refractivity (Wildman–Crippen MR) is 134 cm³/mol. The van der Waals surface area contributed by atoms with Crippen molar-refractivity contribution in [1.29, 1.82) is 0 Å². The lowest BCUT2D eigenvalue weighted by atomic mass is 9.54. The maximum Gasteiger partial charge on any atom is 0.335 e. The van der Waals surface area contributed by atoms with Gasteiger partial charge in [-0.3, -0.25) is 4.79 Å². The van der Waals surface area contributed by atoms with Gasteiger partial charge >= 0.3 is 5.97 Å². The predicted octanol–water partition coefficient (Wildman–Crippen LogP) is 5.30. The third kappa shape index (κ3) is 3.72. The molecule has 0 radical (unpaired) electrons. The summed E-state index contributed by atoms with van der Waals surface area (Å²) in [7, 11) is 0. The van der Waals surface area contributed by atoms with Crippen molar-refractivity contribution in [1.82, 2.24) is 9.97 Å². The Labute approximate surface area is 210 Å². The molecule has 7 heteroatoms. The van der Waals surface area contributed by atoms with Crippen LogP contribution in [-0.2, 0) is 11.3 Å². The average Bonchev–Trinajstić information content (AvgIpc) is 3.56. The van der Waals surface area contributed by atoms with Gasteiger partial charge in [-0.25, -0.2) is 9.78 Å². The Morgan fingerprint density at radius 2 is 1.67 bits per heavy atom. The number of allylic oxidation sites excluding steroid dienone is 4. The minimum Gasteiger partial charge on any atom is -0.478 e. The van der Waals surface area contributed by atoms with E-state index >= 15 is 0 Å². The van der Waals surface area contributed by atoms with Gasteiger partial charge in [-0.15, -0.1) is 0 Å². The quantitative estimate of drug-likeness (QED) is 0.462. The molecule has 6 aliphatic rings. The summed E-state index contributed by atoms with van der Waals surface area (Å²) in [4.78, 5) is 33.1. The number of nitrogens with zero attached hydrogens (tertiary/aromatic N) is 1. The zero-order valence-corrected chi connectivity index (χ0v) is 20.2. The highest BCUT2D eigenvalue weighted by Gasteiger charge is 2.51. The number of aromatic amines is 1. The number of anilines is 1. The molecule has 36 heavy (non-hydrogen) atoms. The molecule has 7 nitrogen and oxygen atoms in total. The molecule has 4 saturated carbocycles. The van der Waals surface area contributed by atoms with Crippen LogP contribution in [0.5, 0.6) is 0 Å². The normalized spacial score (nSPS) is 35.0. The molecule has 186 valence electrons. The van der Waals surface area contributed by atoms with Crippen molar-refractivity contribution < 1.29 is 19.4 Å². The first-order chi connectivity index (χ1) is 17.4. The fourth-order valence-electron chi connectivity index (χ4n) is 7.97. The summed E-state index contributed by atoms with van der Waals surface area (Å²) in [5.74, 6) is 2.54. The number of carboxylic acids is 1. The first-order valence-electron chi connectivity index (χ1n) is 13.2. The second kappa shape index (κ2) is 8.17. The van der Waals surface area contributed by atoms with E-state index in [0.29, 0.717) is 35.5 Å². The number of amides is 1. The van der Waals surface area contributed by atoms with Gasteiger partial charge < -0.3 is 20.1 Å². The van der Waals surface area contributed by atoms with Crippen LogP contribution in [0.2, 0.25) is 0 Å². The Morgan fingerprint density at radius 3 is 2.28 bits per heavy atom. The summed E-state index contributed by atoms with van der Waals surface area (Å²) >= 11 is 0. The summed E-state index contributed by atoms with van der Waals surface area (Å²) in [6.07, 6.45) is 16.3. The van der Waals surface area contributed by atoms with E-state index in [1.165, 1.54) is 31.4 Å². The molecule has 0 spiro atoms. The highest BCUT2D eigenvalue weighted by atomic mass is 16.5. The third-order valence-electron chi connectivity index (χ3n) is 9.14. The number of H-pyrrole nitrogens is 1. The number of benzene rings is 1. The lowest BCUT2D eigenvalue weighted by molar-refractivity contribution is -0.169. The van der Waals surface area contributed by atoms with Crippen LogP contribution < -0.4 is 5.32 Å². The largest absolute Gasteiger partial charge is 0.478 e. The highest BCUT2D eigenvalue weighted by Crippen LogP contribution is 2.57. The monoisotopic (exact) mass is 485 g/mol. The van der Waals surface area contributed by atoms with Crippen molar-refractivity contribution in [2.75, 3.05) is 5.32 Å². The Balaban J connectivity index is 1.16. The van der Waals surface area contributed by atoms with Crippen LogP contribution in [0, 0.1) is 29.6 Å². The summed E-state index contributed by atoms with van der Waals surface area (Å²) in [6.45, 7) is 0.333. The summed E-state index contributed by atoms with van der Waals surface area (Å²) < 4.78 is 6.70. The van der Waals surface area contributed by atoms with Gasteiger partial charge in [-0.1, -0.05) is 30.4 Å². The molecule has 1 heterocycles. The van der Waals surface area contributed by atoms with Gasteiger partial charge in [0.2, 0.25) is 0 Å². The lowest BCUT2D eigenvalue weighted by Crippen LogP contribution is -2.51. The number of aromatic carboxylic acids is 1. The van der Waals surface area contributed by atoms with Gasteiger partial charge in [0, 0.05) is 23.4 Å². The smallest absolute Gasteiger partial charge is 0.335 e. The van der Waals surface area contributed by atoms with Crippen molar-refractivity contribution in [3.05, 3.63) is 71.3 Å². The van der Waals surface area contributed by atoms with Crippen molar-refractivity contribution in [3.8, 4) is 0 Å². The highest BCUT2D eigenvalue weighted by molar-refractivity contribution is 6.04. The molecular weight excluding hydrogens is 454 g/mol. The Hall–Kier alpha value is -3.19. The molecule has 6 bridgehead atoms. The summed E-state index contributed by atoms with van der Waals surface area (Å²) in [5, 5.41) is 12.2. The molecule has 0 saturated heterocycles. The first-order valence-corrected chi connectivity index (χ1v) is 13.2. The SMILES string of the molecule is O=C(O)c1cccc(NC(=O)c2nc(C3C4C=CC3C=C4)[nH]c2COC23CC4CC(CC(C4)C2)C3)c1. The van der Waals surface area contributed by atoms with Crippen molar-refractivity contribution in [2.24, 2.45) is 29.6 Å².